The van der Waals surface area contributed by atoms with Crippen molar-refractivity contribution in [2.75, 3.05) is 18.4 Å². The summed E-state index contributed by atoms with van der Waals surface area (Å²) in [6, 6.07) is 4.49. The zero-order valence-electron chi connectivity index (χ0n) is 10.00. The van der Waals surface area contributed by atoms with Crippen molar-refractivity contribution < 1.29 is 14.7 Å². The van der Waals surface area contributed by atoms with Crippen molar-refractivity contribution in [2.45, 2.75) is 13.3 Å². The molecule has 0 aromatic heterocycles. The fourth-order valence-corrected chi connectivity index (χ4v) is 1.67. The van der Waals surface area contributed by atoms with Gasteiger partial charge in [0.25, 0.3) is 0 Å². The molecule has 0 heterocycles. The van der Waals surface area contributed by atoms with E-state index in [4.69, 9.17) is 5.11 Å². The molecular formula is C12H15BrN2O3. The second kappa shape index (κ2) is 7.13. The monoisotopic (exact) mass is 314 g/mol. The molecule has 1 aromatic rings. The molecule has 0 radical (unpaired) electrons. The van der Waals surface area contributed by atoms with E-state index >= 15 is 0 Å². The second-order valence-electron chi connectivity index (χ2n) is 3.72. The molecule has 1 aromatic carbocycles. The summed E-state index contributed by atoms with van der Waals surface area (Å²) in [5, 5.41) is 14.5. The summed E-state index contributed by atoms with van der Waals surface area (Å²) in [5.74, 6) is -1.23. The van der Waals surface area contributed by atoms with Crippen LogP contribution in [0.2, 0.25) is 0 Å². The predicted octanol–water partition coefficient (Wildman–Crippen LogP) is 2.09. The standard InChI is InChI=1S/C12H15BrN2O3/c1-2-5-14-7-11(16)15-10-6-8(12(17)18)3-4-9(10)13/h3-4,6,14H,2,5,7H2,1H3,(H,15,16)(H,17,18). The number of hydrogen-bond acceptors (Lipinski definition) is 3. The summed E-state index contributed by atoms with van der Waals surface area (Å²) in [6.45, 7) is 2.99. The average molecular weight is 315 g/mol. The molecule has 3 N–H and O–H groups in total. The Kier molecular flexibility index (Phi) is 5.80. The van der Waals surface area contributed by atoms with Crippen molar-refractivity contribution in [3.63, 3.8) is 0 Å². The van der Waals surface area contributed by atoms with Crippen molar-refractivity contribution in [1.29, 1.82) is 0 Å². The molecule has 0 bridgehead atoms. The van der Waals surface area contributed by atoms with E-state index in [2.05, 4.69) is 26.6 Å². The maximum atomic E-state index is 11.6. The molecule has 0 aliphatic heterocycles. The van der Waals surface area contributed by atoms with Gasteiger partial charge in [-0.05, 0) is 47.1 Å². The first-order valence-corrected chi connectivity index (χ1v) is 6.37. The van der Waals surface area contributed by atoms with Gasteiger partial charge >= 0.3 is 5.97 Å². The highest BCUT2D eigenvalue weighted by molar-refractivity contribution is 9.10. The number of hydrogen-bond donors (Lipinski definition) is 3. The Balaban J connectivity index is 2.68. The predicted molar refractivity (Wildman–Crippen MR) is 72.9 cm³/mol. The van der Waals surface area contributed by atoms with Crippen LogP contribution < -0.4 is 10.6 Å². The zero-order valence-corrected chi connectivity index (χ0v) is 11.6. The summed E-state index contributed by atoms with van der Waals surface area (Å²) >= 11 is 3.26. The van der Waals surface area contributed by atoms with Crippen LogP contribution in [-0.4, -0.2) is 30.1 Å². The van der Waals surface area contributed by atoms with Crippen LogP contribution in [0.25, 0.3) is 0 Å². The maximum absolute atomic E-state index is 11.6. The van der Waals surface area contributed by atoms with Crippen LogP contribution in [-0.2, 0) is 4.79 Å². The minimum atomic E-state index is -1.03. The number of amides is 1. The number of carbonyl (C=O) groups excluding carboxylic acids is 1. The fraction of sp³-hybridized carbons (Fsp3) is 0.333. The van der Waals surface area contributed by atoms with Crippen LogP contribution in [0.4, 0.5) is 5.69 Å². The highest BCUT2D eigenvalue weighted by Gasteiger charge is 2.09. The summed E-state index contributed by atoms with van der Waals surface area (Å²) in [5.41, 5.74) is 0.591. The van der Waals surface area contributed by atoms with Gasteiger partial charge in [0.1, 0.15) is 0 Å². The Morgan fingerprint density at radius 2 is 2.11 bits per heavy atom. The topological polar surface area (TPSA) is 78.4 Å². The van der Waals surface area contributed by atoms with Crippen LogP contribution >= 0.6 is 15.9 Å². The first kappa shape index (κ1) is 14.7. The smallest absolute Gasteiger partial charge is 0.335 e. The van der Waals surface area contributed by atoms with Gasteiger partial charge < -0.3 is 15.7 Å². The van der Waals surface area contributed by atoms with Gasteiger partial charge in [-0.15, -0.1) is 0 Å². The molecule has 0 atom stereocenters. The number of benzene rings is 1. The van der Waals surface area contributed by atoms with Crippen molar-refractivity contribution >= 4 is 33.5 Å². The number of carboxylic acid groups (broad SMARTS) is 1. The summed E-state index contributed by atoms with van der Waals surface area (Å²) in [7, 11) is 0. The summed E-state index contributed by atoms with van der Waals surface area (Å²) in [6.07, 6.45) is 0.950. The Morgan fingerprint density at radius 3 is 2.72 bits per heavy atom. The van der Waals surface area contributed by atoms with Gasteiger partial charge in [0.05, 0.1) is 17.8 Å². The first-order valence-electron chi connectivity index (χ1n) is 5.58. The minimum absolute atomic E-state index is 0.134. The zero-order chi connectivity index (χ0) is 13.5. The highest BCUT2D eigenvalue weighted by Crippen LogP contribution is 2.23. The van der Waals surface area contributed by atoms with Gasteiger partial charge in [0.2, 0.25) is 5.91 Å². The normalized spacial score (nSPS) is 10.1. The lowest BCUT2D eigenvalue weighted by atomic mass is 10.2. The molecule has 0 unspecified atom stereocenters. The molecule has 0 aliphatic rings. The van der Waals surface area contributed by atoms with E-state index in [9.17, 15) is 9.59 Å². The van der Waals surface area contributed by atoms with E-state index in [1.807, 2.05) is 6.92 Å². The first-order chi connectivity index (χ1) is 8.54. The number of rotatable bonds is 6. The molecule has 0 saturated carbocycles. The van der Waals surface area contributed by atoms with E-state index in [0.717, 1.165) is 13.0 Å². The summed E-state index contributed by atoms with van der Waals surface area (Å²) in [4.78, 5) is 22.4. The quantitative estimate of drug-likeness (QED) is 0.702. The molecule has 6 heteroatoms. The van der Waals surface area contributed by atoms with E-state index in [0.29, 0.717) is 10.2 Å². The molecule has 18 heavy (non-hydrogen) atoms. The molecule has 0 fully saturated rings. The van der Waals surface area contributed by atoms with Crippen LogP contribution in [0.3, 0.4) is 0 Å². The van der Waals surface area contributed by atoms with Crippen LogP contribution in [0, 0.1) is 0 Å². The van der Waals surface area contributed by atoms with Gasteiger partial charge in [-0.25, -0.2) is 4.79 Å². The Bertz CT molecular complexity index is 449. The SMILES string of the molecule is CCCNCC(=O)Nc1cc(C(=O)O)ccc1Br. The minimum Gasteiger partial charge on any atom is -0.478 e. The number of carboxylic acids is 1. The Morgan fingerprint density at radius 1 is 1.39 bits per heavy atom. The highest BCUT2D eigenvalue weighted by atomic mass is 79.9. The Hall–Kier alpha value is -1.40. The largest absolute Gasteiger partial charge is 0.478 e. The maximum Gasteiger partial charge on any atom is 0.335 e. The Labute approximate surface area is 114 Å². The van der Waals surface area contributed by atoms with Gasteiger partial charge in [-0.3, -0.25) is 4.79 Å². The third-order valence-electron chi connectivity index (χ3n) is 2.20. The number of halogens is 1. The van der Waals surface area contributed by atoms with Crippen LogP contribution in [0.5, 0.6) is 0 Å². The van der Waals surface area contributed by atoms with Crippen molar-refractivity contribution in [3.05, 3.63) is 28.2 Å². The number of aromatic carboxylic acids is 1. The third-order valence-corrected chi connectivity index (χ3v) is 2.89. The molecule has 98 valence electrons. The van der Waals surface area contributed by atoms with Crippen molar-refractivity contribution in [1.82, 2.24) is 5.32 Å². The van der Waals surface area contributed by atoms with Crippen LogP contribution in [0.1, 0.15) is 23.7 Å². The van der Waals surface area contributed by atoms with E-state index < -0.39 is 5.97 Å². The van der Waals surface area contributed by atoms with Crippen molar-refractivity contribution in [3.8, 4) is 0 Å². The molecule has 5 nitrogen and oxygen atoms in total. The number of anilines is 1. The van der Waals surface area contributed by atoms with E-state index in [1.54, 1.807) is 6.07 Å². The van der Waals surface area contributed by atoms with Gasteiger partial charge in [0, 0.05) is 4.47 Å². The van der Waals surface area contributed by atoms with Gasteiger partial charge in [-0.1, -0.05) is 6.92 Å². The molecule has 0 aliphatic carbocycles. The molecule has 0 saturated heterocycles. The number of nitrogens with one attached hydrogen (secondary N) is 2. The average Bonchev–Trinajstić information content (AvgIpc) is 2.32. The molecule has 1 rings (SSSR count). The number of carbonyl (C=O) groups is 2. The molecular weight excluding hydrogens is 300 g/mol. The van der Waals surface area contributed by atoms with Crippen molar-refractivity contribution in [2.24, 2.45) is 0 Å². The summed E-state index contributed by atoms with van der Waals surface area (Å²) < 4.78 is 0.649. The second-order valence-corrected chi connectivity index (χ2v) is 4.58. The lowest BCUT2D eigenvalue weighted by Gasteiger charge is -2.08. The molecule has 1 amide bonds. The van der Waals surface area contributed by atoms with Gasteiger partial charge in [0.15, 0.2) is 0 Å². The van der Waals surface area contributed by atoms with E-state index in [-0.39, 0.29) is 18.0 Å². The van der Waals surface area contributed by atoms with Crippen LogP contribution in [0.15, 0.2) is 22.7 Å². The fourth-order valence-electron chi connectivity index (χ4n) is 1.33. The lowest BCUT2D eigenvalue weighted by Crippen LogP contribution is -2.28. The third kappa shape index (κ3) is 4.46. The lowest BCUT2D eigenvalue weighted by molar-refractivity contribution is -0.115. The van der Waals surface area contributed by atoms with Gasteiger partial charge in [-0.2, -0.15) is 0 Å². The molecule has 0 spiro atoms. The van der Waals surface area contributed by atoms with E-state index in [1.165, 1.54) is 12.1 Å².